The first-order valence-corrected chi connectivity index (χ1v) is 4.76. The number of hydrogen-bond donors (Lipinski definition) is 2. The van der Waals surface area contributed by atoms with Crippen LogP contribution in [0, 0.1) is 10.1 Å². The van der Waals surface area contributed by atoms with E-state index in [9.17, 15) is 19.7 Å². The van der Waals surface area contributed by atoms with Gasteiger partial charge in [0.25, 0.3) is 17.2 Å². The lowest BCUT2D eigenvalue weighted by Gasteiger charge is -2.01. The number of carbonyl (C=O) groups is 1. The highest BCUT2D eigenvalue weighted by Gasteiger charge is 2.25. The summed E-state index contributed by atoms with van der Waals surface area (Å²) in [6.07, 6.45) is 2.74. The maximum Gasteiger partial charge on any atom is 0.286 e. The van der Waals surface area contributed by atoms with Crippen LogP contribution in [0.4, 0.5) is 5.69 Å². The fraction of sp³-hybridized carbons (Fsp3) is 0.333. The van der Waals surface area contributed by atoms with Gasteiger partial charge in [-0.05, 0) is 12.8 Å². The highest BCUT2D eigenvalue weighted by Crippen LogP contribution is 2.19. The molecule has 1 heterocycles. The summed E-state index contributed by atoms with van der Waals surface area (Å²) < 4.78 is 0. The van der Waals surface area contributed by atoms with Gasteiger partial charge in [0.15, 0.2) is 0 Å². The quantitative estimate of drug-likeness (QED) is 0.563. The third kappa shape index (κ3) is 2.08. The molecular weight excluding hydrogens is 214 g/mol. The van der Waals surface area contributed by atoms with Crippen molar-refractivity contribution in [1.29, 1.82) is 0 Å². The van der Waals surface area contributed by atoms with Crippen LogP contribution in [0.15, 0.2) is 17.1 Å². The second-order valence-electron chi connectivity index (χ2n) is 3.61. The molecule has 1 fully saturated rings. The van der Waals surface area contributed by atoms with Crippen LogP contribution in [0.5, 0.6) is 0 Å². The van der Waals surface area contributed by atoms with E-state index >= 15 is 0 Å². The molecule has 1 aromatic rings. The maximum absolute atomic E-state index is 11.5. The predicted octanol–water partition coefficient (Wildman–Crippen LogP) is 0.175. The molecule has 1 aromatic heterocycles. The number of rotatable bonds is 3. The van der Waals surface area contributed by atoms with Crippen LogP contribution >= 0.6 is 0 Å². The number of pyridine rings is 1. The van der Waals surface area contributed by atoms with Gasteiger partial charge in [0.1, 0.15) is 5.56 Å². The van der Waals surface area contributed by atoms with Crippen LogP contribution in [0.25, 0.3) is 0 Å². The lowest BCUT2D eigenvalue weighted by molar-refractivity contribution is -0.385. The number of hydrogen-bond acceptors (Lipinski definition) is 4. The average Bonchev–Trinajstić information content (AvgIpc) is 3.01. The zero-order chi connectivity index (χ0) is 11.7. The normalized spacial score (nSPS) is 14.5. The Morgan fingerprint density at radius 1 is 1.56 bits per heavy atom. The Balaban J connectivity index is 2.30. The van der Waals surface area contributed by atoms with Gasteiger partial charge in [-0.15, -0.1) is 0 Å². The number of carbonyl (C=O) groups excluding carboxylic acids is 1. The molecule has 1 aliphatic rings. The van der Waals surface area contributed by atoms with Crippen LogP contribution in [-0.4, -0.2) is 21.9 Å². The highest BCUT2D eigenvalue weighted by atomic mass is 16.6. The molecule has 0 saturated heterocycles. The SMILES string of the molecule is O=C(NC1CC1)c1cc([N+](=O)[O-])c[nH]c1=O. The monoisotopic (exact) mass is 223 g/mol. The highest BCUT2D eigenvalue weighted by molar-refractivity contribution is 5.94. The summed E-state index contributed by atoms with van der Waals surface area (Å²) in [6.45, 7) is 0. The van der Waals surface area contributed by atoms with E-state index in [2.05, 4.69) is 10.3 Å². The molecule has 1 saturated carbocycles. The molecule has 0 atom stereocenters. The van der Waals surface area contributed by atoms with E-state index in [0.717, 1.165) is 25.1 Å². The van der Waals surface area contributed by atoms with Gasteiger partial charge in [-0.3, -0.25) is 19.7 Å². The Labute approximate surface area is 89.6 Å². The first-order chi connectivity index (χ1) is 7.58. The van der Waals surface area contributed by atoms with Crippen molar-refractivity contribution in [1.82, 2.24) is 10.3 Å². The molecule has 0 bridgehead atoms. The van der Waals surface area contributed by atoms with E-state index in [4.69, 9.17) is 0 Å². The topological polar surface area (TPSA) is 105 Å². The van der Waals surface area contributed by atoms with Crippen LogP contribution in [-0.2, 0) is 0 Å². The maximum atomic E-state index is 11.5. The molecular formula is C9H9N3O4. The fourth-order valence-corrected chi connectivity index (χ4v) is 1.24. The molecule has 7 heteroatoms. The molecule has 0 aromatic carbocycles. The Kier molecular flexibility index (Phi) is 2.43. The molecule has 16 heavy (non-hydrogen) atoms. The van der Waals surface area contributed by atoms with Crippen molar-refractivity contribution in [2.75, 3.05) is 0 Å². The summed E-state index contributed by atoms with van der Waals surface area (Å²) in [4.78, 5) is 34.8. The number of aromatic nitrogens is 1. The largest absolute Gasteiger partial charge is 0.349 e. The summed E-state index contributed by atoms with van der Waals surface area (Å²) in [5, 5.41) is 13.1. The second-order valence-corrected chi connectivity index (χ2v) is 3.61. The van der Waals surface area contributed by atoms with Crippen LogP contribution in [0.1, 0.15) is 23.2 Å². The Morgan fingerprint density at radius 3 is 2.81 bits per heavy atom. The molecule has 7 nitrogen and oxygen atoms in total. The molecule has 1 aliphatic carbocycles. The van der Waals surface area contributed by atoms with Gasteiger partial charge in [-0.2, -0.15) is 0 Å². The van der Waals surface area contributed by atoms with Crippen molar-refractivity contribution in [3.05, 3.63) is 38.3 Å². The van der Waals surface area contributed by atoms with E-state index in [-0.39, 0.29) is 17.3 Å². The summed E-state index contributed by atoms with van der Waals surface area (Å²) in [7, 11) is 0. The van der Waals surface area contributed by atoms with E-state index in [1.165, 1.54) is 0 Å². The minimum absolute atomic E-state index is 0.103. The number of nitrogens with zero attached hydrogens (tertiary/aromatic N) is 1. The van der Waals surface area contributed by atoms with Gasteiger partial charge < -0.3 is 10.3 Å². The second kappa shape index (κ2) is 3.76. The van der Waals surface area contributed by atoms with E-state index < -0.39 is 16.4 Å². The van der Waals surface area contributed by atoms with Crippen LogP contribution < -0.4 is 10.9 Å². The lowest BCUT2D eigenvalue weighted by atomic mass is 10.2. The van der Waals surface area contributed by atoms with Crippen molar-refractivity contribution in [2.45, 2.75) is 18.9 Å². The van der Waals surface area contributed by atoms with Gasteiger partial charge in [-0.25, -0.2) is 0 Å². The molecule has 0 aliphatic heterocycles. The Bertz CT molecular complexity index is 504. The third-order valence-electron chi connectivity index (χ3n) is 2.26. The van der Waals surface area contributed by atoms with Gasteiger partial charge in [0.2, 0.25) is 0 Å². The zero-order valence-corrected chi connectivity index (χ0v) is 8.23. The lowest BCUT2D eigenvalue weighted by Crippen LogP contribution is -2.31. The average molecular weight is 223 g/mol. The molecule has 84 valence electrons. The van der Waals surface area contributed by atoms with Crippen molar-refractivity contribution in [3.8, 4) is 0 Å². The van der Waals surface area contributed by atoms with Crippen molar-refractivity contribution >= 4 is 11.6 Å². The smallest absolute Gasteiger partial charge is 0.286 e. The fourth-order valence-electron chi connectivity index (χ4n) is 1.24. The standard InChI is InChI=1S/C9H9N3O4/c13-8-7(9(14)11-5-1-2-5)3-6(4-10-8)12(15)16/h3-5H,1-2H2,(H,10,13)(H,11,14). The molecule has 2 N–H and O–H groups in total. The first kappa shape index (κ1) is 10.3. The predicted molar refractivity (Wildman–Crippen MR) is 54.2 cm³/mol. The Morgan fingerprint density at radius 2 is 2.25 bits per heavy atom. The molecule has 0 radical (unpaired) electrons. The molecule has 1 amide bonds. The zero-order valence-electron chi connectivity index (χ0n) is 8.23. The van der Waals surface area contributed by atoms with Crippen LogP contribution in [0.2, 0.25) is 0 Å². The molecule has 0 unspecified atom stereocenters. The summed E-state index contributed by atoms with van der Waals surface area (Å²) in [6, 6.07) is 1.09. The van der Waals surface area contributed by atoms with E-state index in [1.807, 2.05) is 0 Å². The van der Waals surface area contributed by atoms with Gasteiger partial charge in [-0.1, -0.05) is 0 Å². The van der Waals surface area contributed by atoms with Gasteiger partial charge in [0.05, 0.1) is 11.1 Å². The number of nitrogens with one attached hydrogen (secondary N) is 2. The third-order valence-corrected chi connectivity index (χ3v) is 2.26. The molecule has 2 rings (SSSR count). The van der Waals surface area contributed by atoms with Crippen molar-refractivity contribution in [2.24, 2.45) is 0 Å². The van der Waals surface area contributed by atoms with Crippen molar-refractivity contribution < 1.29 is 9.72 Å². The van der Waals surface area contributed by atoms with E-state index in [0.29, 0.717) is 0 Å². The van der Waals surface area contributed by atoms with E-state index in [1.54, 1.807) is 0 Å². The van der Waals surface area contributed by atoms with Crippen molar-refractivity contribution in [3.63, 3.8) is 0 Å². The van der Waals surface area contributed by atoms with Gasteiger partial charge >= 0.3 is 0 Å². The summed E-state index contributed by atoms with van der Waals surface area (Å²) in [5.41, 5.74) is -1.15. The number of aromatic amines is 1. The minimum atomic E-state index is -0.663. The Hall–Kier alpha value is -2.18. The van der Waals surface area contributed by atoms with Gasteiger partial charge in [0, 0.05) is 12.1 Å². The number of nitro groups is 1. The number of amides is 1. The minimum Gasteiger partial charge on any atom is -0.349 e. The first-order valence-electron chi connectivity index (χ1n) is 4.76. The number of H-pyrrole nitrogens is 1. The van der Waals surface area contributed by atoms with Crippen LogP contribution in [0.3, 0.4) is 0 Å². The summed E-state index contributed by atoms with van der Waals surface area (Å²) in [5.74, 6) is -0.563. The summed E-state index contributed by atoms with van der Waals surface area (Å²) >= 11 is 0. The molecule has 0 spiro atoms.